The summed E-state index contributed by atoms with van der Waals surface area (Å²) >= 11 is 0. The van der Waals surface area contributed by atoms with E-state index in [1.54, 1.807) is 0 Å². The second kappa shape index (κ2) is 8.17. The number of aliphatic hydroxyl groups is 1. The van der Waals surface area contributed by atoms with Crippen molar-refractivity contribution in [3.63, 3.8) is 0 Å². The summed E-state index contributed by atoms with van der Waals surface area (Å²) in [5, 5.41) is 8.36. The van der Waals surface area contributed by atoms with Crippen LogP contribution >= 0.6 is 12.4 Å². The van der Waals surface area contributed by atoms with Crippen molar-refractivity contribution in [2.24, 2.45) is 5.73 Å². The van der Waals surface area contributed by atoms with Gasteiger partial charge in [-0.15, -0.1) is 12.4 Å². The number of halogens is 1. The molecule has 0 aliphatic rings. The van der Waals surface area contributed by atoms with Crippen LogP contribution in [0, 0.1) is 0 Å². The third kappa shape index (κ3) is 8.17. The topological polar surface area (TPSA) is 55.5 Å². The Kier molecular flexibility index (Phi) is 10.8. The number of hydrogen-bond acceptors (Lipinski definition) is 3. The van der Waals surface area contributed by atoms with Gasteiger partial charge in [0.1, 0.15) is 0 Å². The fourth-order valence-electron chi connectivity index (χ4n) is 0.322. The summed E-state index contributed by atoms with van der Waals surface area (Å²) in [4.78, 5) is 0. The van der Waals surface area contributed by atoms with Crippen molar-refractivity contribution in [2.75, 3.05) is 19.8 Å². The molecule has 0 saturated heterocycles. The number of hydrogen-bond donors (Lipinski definition) is 2. The molecular formula is C5H14ClNO2. The van der Waals surface area contributed by atoms with E-state index >= 15 is 0 Å². The molecule has 0 fully saturated rings. The number of aliphatic hydroxyl groups excluding tert-OH is 1. The average Bonchev–Trinajstić information content (AvgIpc) is 1.83. The number of nitrogens with two attached hydrogens (primary N) is 1. The van der Waals surface area contributed by atoms with Gasteiger partial charge in [-0.05, 0) is 6.92 Å². The minimum absolute atomic E-state index is 0. The SMILES string of the molecule is CCOC[C@H](N)CO.Cl. The molecule has 0 rings (SSSR count). The molecule has 0 amide bonds. The molecule has 0 spiro atoms. The quantitative estimate of drug-likeness (QED) is 0.590. The van der Waals surface area contributed by atoms with E-state index in [1.165, 1.54) is 0 Å². The van der Waals surface area contributed by atoms with Gasteiger partial charge in [0.05, 0.1) is 19.3 Å². The van der Waals surface area contributed by atoms with Crippen LogP contribution in [0.1, 0.15) is 6.92 Å². The van der Waals surface area contributed by atoms with Gasteiger partial charge in [0.15, 0.2) is 0 Å². The molecule has 0 aliphatic heterocycles. The molecule has 3 nitrogen and oxygen atoms in total. The minimum Gasteiger partial charge on any atom is -0.395 e. The normalized spacial score (nSPS) is 12.3. The highest BCUT2D eigenvalue weighted by Gasteiger charge is 1.96. The largest absolute Gasteiger partial charge is 0.395 e. The van der Waals surface area contributed by atoms with Gasteiger partial charge < -0.3 is 15.6 Å². The molecule has 0 aromatic carbocycles. The van der Waals surface area contributed by atoms with Crippen molar-refractivity contribution in [2.45, 2.75) is 13.0 Å². The average molecular weight is 156 g/mol. The van der Waals surface area contributed by atoms with Crippen LogP contribution in [0.3, 0.4) is 0 Å². The van der Waals surface area contributed by atoms with Crippen LogP contribution < -0.4 is 5.73 Å². The molecule has 0 radical (unpaired) electrons. The van der Waals surface area contributed by atoms with Gasteiger partial charge in [0, 0.05) is 6.61 Å². The number of rotatable bonds is 4. The molecule has 58 valence electrons. The Bertz CT molecular complexity index is 54.2. The monoisotopic (exact) mass is 155 g/mol. The van der Waals surface area contributed by atoms with Gasteiger partial charge in [-0.1, -0.05) is 0 Å². The van der Waals surface area contributed by atoms with Crippen LogP contribution in [0.5, 0.6) is 0 Å². The number of ether oxygens (including phenoxy) is 1. The highest BCUT2D eigenvalue weighted by Crippen LogP contribution is 1.77. The van der Waals surface area contributed by atoms with E-state index in [0.717, 1.165) is 0 Å². The summed E-state index contributed by atoms with van der Waals surface area (Å²) in [5.41, 5.74) is 5.28. The van der Waals surface area contributed by atoms with Crippen LogP contribution in [-0.4, -0.2) is 31.0 Å². The maximum atomic E-state index is 8.36. The molecule has 0 aromatic rings. The Morgan fingerprint density at radius 3 is 2.56 bits per heavy atom. The molecular weight excluding hydrogens is 142 g/mol. The second-order valence-corrected chi connectivity index (χ2v) is 1.60. The zero-order valence-electron chi connectivity index (χ0n) is 5.54. The third-order valence-electron chi connectivity index (χ3n) is 0.771. The first kappa shape index (κ1) is 11.9. The van der Waals surface area contributed by atoms with Crippen LogP contribution in [0.2, 0.25) is 0 Å². The lowest BCUT2D eigenvalue weighted by Gasteiger charge is -2.05. The van der Waals surface area contributed by atoms with E-state index in [2.05, 4.69) is 0 Å². The highest BCUT2D eigenvalue weighted by atomic mass is 35.5. The predicted octanol–water partition coefficient (Wildman–Crippen LogP) is -0.236. The third-order valence-corrected chi connectivity index (χ3v) is 0.771. The summed E-state index contributed by atoms with van der Waals surface area (Å²) in [5.74, 6) is 0. The van der Waals surface area contributed by atoms with E-state index in [1.807, 2.05) is 6.92 Å². The molecule has 0 aliphatic carbocycles. The first-order valence-electron chi connectivity index (χ1n) is 2.75. The van der Waals surface area contributed by atoms with Crippen LogP contribution in [0.4, 0.5) is 0 Å². The second-order valence-electron chi connectivity index (χ2n) is 1.60. The summed E-state index contributed by atoms with van der Waals surface area (Å²) in [6.07, 6.45) is 0. The van der Waals surface area contributed by atoms with E-state index in [9.17, 15) is 0 Å². The van der Waals surface area contributed by atoms with Crippen molar-refractivity contribution in [1.82, 2.24) is 0 Å². The summed E-state index contributed by atoms with van der Waals surface area (Å²) in [7, 11) is 0. The van der Waals surface area contributed by atoms with E-state index in [0.29, 0.717) is 13.2 Å². The predicted molar refractivity (Wildman–Crippen MR) is 38.8 cm³/mol. The zero-order valence-corrected chi connectivity index (χ0v) is 6.36. The van der Waals surface area contributed by atoms with Gasteiger partial charge in [-0.3, -0.25) is 0 Å². The molecule has 0 saturated carbocycles. The molecule has 0 bridgehead atoms. The van der Waals surface area contributed by atoms with E-state index < -0.39 is 0 Å². The van der Waals surface area contributed by atoms with E-state index in [-0.39, 0.29) is 25.1 Å². The lowest BCUT2D eigenvalue weighted by Crippen LogP contribution is -2.29. The van der Waals surface area contributed by atoms with Gasteiger partial charge in [0.2, 0.25) is 0 Å². The van der Waals surface area contributed by atoms with E-state index in [4.69, 9.17) is 15.6 Å². The van der Waals surface area contributed by atoms with Crippen LogP contribution in [0.15, 0.2) is 0 Å². The Morgan fingerprint density at radius 2 is 2.22 bits per heavy atom. The molecule has 0 heterocycles. The fraction of sp³-hybridized carbons (Fsp3) is 1.00. The Labute approximate surface area is 61.6 Å². The van der Waals surface area contributed by atoms with Crippen LogP contribution in [-0.2, 0) is 4.74 Å². The molecule has 0 aromatic heterocycles. The molecule has 0 unspecified atom stereocenters. The molecule has 3 N–H and O–H groups in total. The van der Waals surface area contributed by atoms with Crippen molar-refractivity contribution in [3.05, 3.63) is 0 Å². The van der Waals surface area contributed by atoms with Crippen molar-refractivity contribution in [3.8, 4) is 0 Å². The lowest BCUT2D eigenvalue weighted by molar-refractivity contribution is 0.111. The van der Waals surface area contributed by atoms with Gasteiger partial charge in [-0.25, -0.2) is 0 Å². The summed E-state index contributed by atoms with van der Waals surface area (Å²) in [6, 6.07) is -0.213. The van der Waals surface area contributed by atoms with Gasteiger partial charge in [-0.2, -0.15) is 0 Å². The lowest BCUT2D eigenvalue weighted by atomic mass is 10.4. The van der Waals surface area contributed by atoms with Gasteiger partial charge in [0.25, 0.3) is 0 Å². The summed E-state index contributed by atoms with van der Waals surface area (Å²) < 4.78 is 4.90. The summed E-state index contributed by atoms with van der Waals surface area (Å²) in [6.45, 7) is 3.00. The standard InChI is InChI=1S/C5H13NO2.ClH/c1-2-8-4-5(6)3-7;/h5,7H,2-4,6H2,1H3;1H/t5-;/m1./s1. The first-order chi connectivity index (χ1) is 3.81. The fourth-order valence-corrected chi connectivity index (χ4v) is 0.322. The Balaban J connectivity index is 0. The highest BCUT2D eigenvalue weighted by molar-refractivity contribution is 5.85. The van der Waals surface area contributed by atoms with Crippen molar-refractivity contribution < 1.29 is 9.84 Å². The smallest absolute Gasteiger partial charge is 0.0639 e. The molecule has 4 heteroatoms. The minimum atomic E-state index is -0.213. The molecule has 9 heavy (non-hydrogen) atoms. The maximum Gasteiger partial charge on any atom is 0.0639 e. The van der Waals surface area contributed by atoms with Crippen molar-refractivity contribution >= 4 is 12.4 Å². The zero-order chi connectivity index (χ0) is 6.41. The first-order valence-corrected chi connectivity index (χ1v) is 2.75. The Hall–Kier alpha value is 0.170. The van der Waals surface area contributed by atoms with Crippen molar-refractivity contribution in [1.29, 1.82) is 0 Å². The van der Waals surface area contributed by atoms with Gasteiger partial charge >= 0.3 is 0 Å². The molecule has 1 atom stereocenters. The maximum absolute atomic E-state index is 8.36. The van der Waals surface area contributed by atoms with Crippen LogP contribution in [0.25, 0.3) is 0 Å². The Morgan fingerprint density at radius 1 is 1.67 bits per heavy atom.